The van der Waals surface area contributed by atoms with Gasteiger partial charge in [-0.15, -0.1) is 0 Å². The van der Waals surface area contributed by atoms with Gasteiger partial charge in [0.25, 0.3) is 0 Å². The van der Waals surface area contributed by atoms with Gasteiger partial charge in [0.05, 0.1) is 49.6 Å². The first-order valence-electron chi connectivity index (χ1n) is 17.5. The maximum Gasteiger partial charge on any atom is 0.502 e. The molecule has 246 valence electrons. The molecule has 41 heavy (non-hydrogen) atoms. The van der Waals surface area contributed by atoms with E-state index in [1.54, 1.807) is 13.8 Å². The molecule has 1 fully saturated rings. The zero-order valence-corrected chi connectivity index (χ0v) is 30.8. The van der Waals surface area contributed by atoms with Crippen molar-refractivity contribution in [1.29, 1.82) is 0 Å². The van der Waals surface area contributed by atoms with Crippen molar-refractivity contribution in [1.82, 2.24) is 0 Å². The molecule has 0 spiro atoms. The zero-order chi connectivity index (χ0) is 31.3. The highest BCUT2D eigenvalue weighted by atomic mass is 28.4. The number of rotatable bonds is 24. The molecular weight excluding hydrogens is 526 g/mol. The fraction of sp³-hybridized carbons (Fsp3) is 1.00. The van der Waals surface area contributed by atoms with E-state index in [0.29, 0.717) is 0 Å². The largest absolute Gasteiger partial charge is 0.502 e. The molecule has 0 atom stereocenters. The smallest absolute Gasteiger partial charge is 0.388 e. The van der Waals surface area contributed by atoms with Crippen molar-refractivity contribution < 1.29 is 22.9 Å². The van der Waals surface area contributed by atoms with Crippen LogP contribution in [0, 0.1) is 0 Å². The molecule has 1 saturated heterocycles. The zero-order valence-electron chi connectivity index (χ0n) is 29.8. The molecule has 1 aliphatic heterocycles. The average molecular weight is 601 g/mol. The number of hydrogen-bond acceptors (Lipinski definition) is 4. The fourth-order valence-corrected chi connectivity index (χ4v) is 9.77. The molecule has 1 aliphatic rings. The second-order valence-corrected chi connectivity index (χ2v) is 18.3. The number of quaternary nitrogens is 1. The van der Waals surface area contributed by atoms with E-state index in [1.165, 1.54) is 109 Å². The van der Waals surface area contributed by atoms with Crippen LogP contribution in [0.3, 0.4) is 0 Å². The highest BCUT2D eigenvalue weighted by molar-refractivity contribution is 6.61. The Kier molecular flexibility index (Phi) is 16.7. The Balaban J connectivity index is 2.28. The Bertz CT molecular complexity index is 683. The first-order chi connectivity index (χ1) is 18.9. The van der Waals surface area contributed by atoms with Gasteiger partial charge in [0.1, 0.15) is 0 Å². The van der Waals surface area contributed by atoms with Crippen molar-refractivity contribution in [3.8, 4) is 0 Å². The Morgan fingerprint density at radius 2 is 0.951 bits per heavy atom. The monoisotopic (exact) mass is 601 g/mol. The Morgan fingerprint density at radius 1 is 0.610 bits per heavy atom. The van der Waals surface area contributed by atoms with Gasteiger partial charge in [0.2, 0.25) is 0 Å². The Hall–Kier alpha value is 0.0169. The second-order valence-electron chi connectivity index (χ2n) is 15.9. The highest BCUT2D eigenvalue weighted by Crippen LogP contribution is 2.46. The minimum absolute atomic E-state index is 0.438. The van der Waals surface area contributed by atoms with Crippen LogP contribution in [0.15, 0.2) is 0 Å². The van der Waals surface area contributed by atoms with Crippen molar-refractivity contribution in [2.45, 2.75) is 200 Å². The fourth-order valence-electron chi connectivity index (χ4n) is 5.68. The first-order valence-corrected chi connectivity index (χ1v) is 19.5. The van der Waals surface area contributed by atoms with Crippen LogP contribution in [0.5, 0.6) is 0 Å². The van der Waals surface area contributed by atoms with Gasteiger partial charge < -0.3 is 22.9 Å². The van der Waals surface area contributed by atoms with E-state index in [9.17, 15) is 5.11 Å². The molecule has 5 nitrogen and oxygen atoms in total. The number of nitrogens with zero attached hydrogens (tertiary/aromatic N) is 1. The molecule has 1 rings (SSSR count). The molecule has 0 aromatic carbocycles. The predicted molar refractivity (Wildman–Crippen MR) is 178 cm³/mol. The van der Waals surface area contributed by atoms with E-state index >= 15 is 0 Å². The molecule has 0 aromatic heterocycles. The Morgan fingerprint density at radius 3 is 1.32 bits per heavy atom. The van der Waals surface area contributed by atoms with Crippen LogP contribution in [0.25, 0.3) is 0 Å². The molecule has 0 aromatic rings. The Labute approximate surface area is 258 Å². The minimum Gasteiger partial charge on any atom is -0.388 e. The van der Waals surface area contributed by atoms with Gasteiger partial charge in [-0.2, -0.15) is 0 Å². The van der Waals surface area contributed by atoms with Crippen molar-refractivity contribution in [3.05, 3.63) is 0 Å². The topological polar surface area (TPSA) is 47.9 Å². The van der Waals surface area contributed by atoms with Crippen LogP contribution in [0.1, 0.15) is 171 Å². The van der Waals surface area contributed by atoms with Crippen LogP contribution >= 0.6 is 0 Å². The van der Waals surface area contributed by atoms with Crippen molar-refractivity contribution >= 4 is 8.80 Å². The van der Waals surface area contributed by atoms with Gasteiger partial charge in [-0.3, -0.25) is 0 Å². The lowest BCUT2D eigenvalue weighted by Gasteiger charge is -2.42. The third kappa shape index (κ3) is 14.6. The number of aliphatic hydroxyl groups is 1. The average Bonchev–Trinajstić information content (AvgIpc) is 2.99. The lowest BCUT2D eigenvalue weighted by molar-refractivity contribution is -0.890. The summed E-state index contributed by atoms with van der Waals surface area (Å²) in [5.41, 5.74) is -2.65. The quantitative estimate of drug-likeness (QED) is 0.0680. The number of hydrogen-bond donors (Lipinski definition) is 1. The van der Waals surface area contributed by atoms with Gasteiger partial charge in [0.15, 0.2) is 0 Å². The summed E-state index contributed by atoms with van der Waals surface area (Å²) < 4.78 is 21.0. The van der Waals surface area contributed by atoms with Crippen LogP contribution in [0.2, 0.25) is 6.04 Å². The van der Waals surface area contributed by atoms with E-state index in [0.717, 1.165) is 23.5 Å². The summed E-state index contributed by atoms with van der Waals surface area (Å²) in [6.45, 7) is 20.5. The van der Waals surface area contributed by atoms with Crippen molar-refractivity contribution in [2.75, 3.05) is 27.2 Å². The van der Waals surface area contributed by atoms with Crippen molar-refractivity contribution in [2.24, 2.45) is 0 Å². The molecule has 6 heteroatoms. The van der Waals surface area contributed by atoms with E-state index in [2.05, 4.69) is 48.7 Å². The summed E-state index contributed by atoms with van der Waals surface area (Å²) in [6, 6.07) is 0.778. The van der Waals surface area contributed by atoms with Crippen LogP contribution in [-0.2, 0) is 13.3 Å². The van der Waals surface area contributed by atoms with Gasteiger partial charge >= 0.3 is 8.80 Å². The molecule has 1 N–H and O–H groups in total. The van der Waals surface area contributed by atoms with Crippen LogP contribution in [-0.4, -0.2) is 68.0 Å². The molecule has 0 aliphatic carbocycles. The molecular formula is C35H74NO4Si+. The summed E-state index contributed by atoms with van der Waals surface area (Å²) in [4.78, 5) is 0. The van der Waals surface area contributed by atoms with Gasteiger partial charge in [0, 0.05) is 12.5 Å². The predicted octanol–water partition coefficient (Wildman–Crippen LogP) is 9.82. The third-order valence-electron chi connectivity index (χ3n) is 10.0. The summed E-state index contributed by atoms with van der Waals surface area (Å²) in [7, 11) is 1.71. The maximum absolute atomic E-state index is 10.8. The van der Waals surface area contributed by atoms with E-state index in [1.807, 2.05) is 13.8 Å². The molecule has 0 unspecified atom stereocenters. The van der Waals surface area contributed by atoms with Gasteiger partial charge in [-0.05, 0) is 68.2 Å². The standard InChI is InChI=1S/C35H74NO4Si/c1-12-13-14-15-16-17-18-19-20-21-22-23-24-25-26-27-29-36(10,11)30-28-31-41(38-33(4,5)32(2,3)37)39-34(6,7)35(8,9)40-41/h37H,12-31H2,1-11H3/q+1. The van der Waals surface area contributed by atoms with Gasteiger partial charge in [-0.1, -0.05) is 96.8 Å². The summed E-state index contributed by atoms with van der Waals surface area (Å²) >= 11 is 0. The summed E-state index contributed by atoms with van der Waals surface area (Å²) in [6.07, 6.45) is 23.6. The minimum atomic E-state index is -2.99. The first kappa shape index (κ1) is 39.0. The normalized spacial score (nSPS) is 18.7. The maximum atomic E-state index is 10.8. The molecule has 0 saturated carbocycles. The van der Waals surface area contributed by atoms with E-state index < -0.39 is 31.2 Å². The highest BCUT2D eigenvalue weighted by Gasteiger charge is 2.63. The van der Waals surface area contributed by atoms with Crippen LogP contribution in [0.4, 0.5) is 0 Å². The molecule has 0 bridgehead atoms. The molecule has 1 heterocycles. The van der Waals surface area contributed by atoms with Crippen LogP contribution < -0.4 is 0 Å². The summed E-state index contributed by atoms with van der Waals surface area (Å²) in [5, 5.41) is 10.8. The van der Waals surface area contributed by atoms with E-state index in [4.69, 9.17) is 13.3 Å². The third-order valence-corrected chi connectivity index (χ3v) is 13.4. The summed E-state index contributed by atoms with van der Waals surface area (Å²) in [5.74, 6) is 0. The molecule has 0 amide bonds. The molecule has 0 radical (unpaired) electrons. The lowest BCUT2D eigenvalue weighted by atomic mass is 9.90. The number of unbranched alkanes of at least 4 members (excludes halogenated alkanes) is 15. The lowest BCUT2D eigenvalue weighted by Crippen LogP contribution is -2.57. The van der Waals surface area contributed by atoms with Crippen molar-refractivity contribution in [3.63, 3.8) is 0 Å². The van der Waals surface area contributed by atoms with Gasteiger partial charge in [-0.25, -0.2) is 0 Å². The SMILES string of the molecule is CCCCCCCCCCCCCCCCCC[N+](C)(C)CCC[Si]1(OC(C)(C)C(C)(C)O)OC(C)(C)C(C)(C)O1. The van der Waals surface area contributed by atoms with E-state index in [-0.39, 0.29) is 0 Å². The second kappa shape index (κ2) is 17.5.